The van der Waals surface area contributed by atoms with Crippen molar-refractivity contribution in [2.45, 2.75) is 25.7 Å². The van der Waals surface area contributed by atoms with Crippen molar-refractivity contribution in [2.75, 3.05) is 13.4 Å². The van der Waals surface area contributed by atoms with Gasteiger partial charge in [0, 0.05) is 20.7 Å². The van der Waals surface area contributed by atoms with Crippen LogP contribution in [-0.2, 0) is 4.74 Å². The molecule has 0 saturated heterocycles. The first-order chi connectivity index (χ1) is 8.79. The summed E-state index contributed by atoms with van der Waals surface area (Å²) >= 11 is 5.89. The molecule has 0 bridgehead atoms. The van der Waals surface area contributed by atoms with Crippen molar-refractivity contribution in [2.24, 2.45) is 0 Å². The van der Waals surface area contributed by atoms with Crippen molar-refractivity contribution < 1.29 is 14.4 Å². The van der Waals surface area contributed by atoms with E-state index in [4.69, 9.17) is 21.1 Å². The van der Waals surface area contributed by atoms with Gasteiger partial charge < -0.3 is 9.47 Å². The predicted molar refractivity (Wildman–Crippen MR) is 77.7 cm³/mol. The highest BCUT2D eigenvalue weighted by atomic mass is 35.5. The van der Waals surface area contributed by atoms with E-state index in [0.29, 0.717) is 11.6 Å². The molecule has 7 heteroatoms. The number of nitrogens with zero attached hydrogens (tertiary/aromatic N) is 1. The quantitative estimate of drug-likeness (QED) is 0.252. The minimum absolute atomic E-state index is 0.0470. The number of nitro benzene ring substituents is 1. The van der Waals surface area contributed by atoms with E-state index in [1.165, 1.54) is 18.2 Å². The van der Waals surface area contributed by atoms with E-state index in [9.17, 15) is 10.1 Å². The lowest BCUT2D eigenvalue weighted by atomic mass is 10.3. The Morgan fingerprint density at radius 1 is 1.37 bits per heavy atom. The molecule has 0 amide bonds. The van der Waals surface area contributed by atoms with Crippen LogP contribution in [0.15, 0.2) is 18.2 Å². The van der Waals surface area contributed by atoms with Gasteiger partial charge in [0.2, 0.25) is 0 Å². The van der Waals surface area contributed by atoms with Gasteiger partial charge in [0.1, 0.15) is 5.75 Å². The summed E-state index contributed by atoms with van der Waals surface area (Å²) in [6.45, 7) is 7.45. The molecule has 1 aromatic carbocycles. The summed E-state index contributed by atoms with van der Waals surface area (Å²) in [6, 6.07) is 5.11. The van der Waals surface area contributed by atoms with E-state index in [2.05, 4.69) is 19.6 Å². The highest BCUT2D eigenvalue weighted by molar-refractivity contribution is 6.76. The molecular formula is C12H18ClNO4Si. The second-order valence-electron chi connectivity index (χ2n) is 5.35. The highest BCUT2D eigenvalue weighted by Gasteiger charge is 2.13. The molecule has 0 spiro atoms. The van der Waals surface area contributed by atoms with Gasteiger partial charge in [0.15, 0.2) is 6.79 Å². The topological polar surface area (TPSA) is 61.6 Å². The fourth-order valence-electron chi connectivity index (χ4n) is 1.26. The Balaban J connectivity index is 2.45. The van der Waals surface area contributed by atoms with Gasteiger partial charge in [-0.2, -0.15) is 0 Å². The molecule has 0 saturated carbocycles. The molecule has 0 atom stereocenters. The fraction of sp³-hybridized carbons (Fsp3) is 0.500. The molecule has 19 heavy (non-hydrogen) atoms. The van der Waals surface area contributed by atoms with Crippen molar-refractivity contribution in [3.05, 3.63) is 33.3 Å². The lowest BCUT2D eigenvalue weighted by Crippen LogP contribution is -2.22. The van der Waals surface area contributed by atoms with E-state index in [0.717, 1.165) is 6.04 Å². The van der Waals surface area contributed by atoms with Gasteiger partial charge >= 0.3 is 0 Å². The standard InChI is InChI=1S/C12H18ClNO4Si/c1-19(2,3)7-6-17-9-18-12-8-10(14(15)16)4-5-11(12)13/h4-5,8H,6-7,9H2,1-3H3. The number of rotatable bonds is 7. The zero-order valence-electron chi connectivity index (χ0n) is 11.3. The largest absolute Gasteiger partial charge is 0.466 e. The van der Waals surface area contributed by atoms with Crippen molar-refractivity contribution in [1.29, 1.82) is 0 Å². The van der Waals surface area contributed by atoms with Crippen molar-refractivity contribution in [3.8, 4) is 5.75 Å². The number of non-ortho nitro benzene ring substituents is 1. The van der Waals surface area contributed by atoms with E-state index < -0.39 is 13.0 Å². The minimum Gasteiger partial charge on any atom is -0.466 e. The van der Waals surface area contributed by atoms with Gasteiger partial charge in [-0.25, -0.2) is 0 Å². The van der Waals surface area contributed by atoms with Crippen LogP contribution in [0.25, 0.3) is 0 Å². The lowest BCUT2D eigenvalue weighted by molar-refractivity contribution is -0.384. The predicted octanol–water partition coefficient (Wildman–Crippen LogP) is 3.94. The van der Waals surface area contributed by atoms with Crippen LogP contribution in [0.1, 0.15) is 0 Å². The minimum atomic E-state index is -1.12. The molecular weight excluding hydrogens is 286 g/mol. The Hall–Kier alpha value is -1.11. The number of hydrogen-bond donors (Lipinski definition) is 0. The molecule has 0 aliphatic rings. The van der Waals surface area contributed by atoms with Gasteiger partial charge in [-0.05, 0) is 12.1 Å². The summed E-state index contributed by atoms with van der Waals surface area (Å²) in [4.78, 5) is 10.1. The number of hydrogen-bond acceptors (Lipinski definition) is 4. The summed E-state index contributed by atoms with van der Waals surface area (Å²) in [5.74, 6) is 0.267. The maximum atomic E-state index is 10.6. The van der Waals surface area contributed by atoms with Crippen LogP contribution in [-0.4, -0.2) is 26.4 Å². The molecule has 0 aliphatic carbocycles. The van der Waals surface area contributed by atoms with Gasteiger partial charge in [0.25, 0.3) is 5.69 Å². The first-order valence-corrected chi connectivity index (χ1v) is 10.0. The van der Waals surface area contributed by atoms with Crippen LogP contribution in [0.5, 0.6) is 5.75 Å². The third-order valence-corrected chi connectivity index (χ3v) is 4.44. The molecule has 1 rings (SSSR count). The molecule has 1 aromatic rings. The first-order valence-electron chi connectivity index (χ1n) is 5.94. The normalized spacial score (nSPS) is 11.4. The van der Waals surface area contributed by atoms with Gasteiger partial charge in [0.05, 0.1) is 16.0 Å². The van der Waals surface area contributed by atoms with Gasteiger partial charge in [-0.3, -0.25) is 10.1 Å². The highest BCUT2D eigenvalue weighted by Crippen LogP contribution is 2.28. The second-order valence-corrected chi connectivity index (χ2v) is 11.4. The summed E-state index contributed by atoms with van der Waals surface area (Å²) in [6.07, 6.45) is 0. The van der Waals surface area contributed by atoms with Gasteiger partial charge in [-0.1, -0.05) is 31.2 Å². The van der Waals surface area contributed by atoms with E-state index in [1.807, 2.05) is 0 Å². The third kappa shape index (κ3) is 6.04. The van der Waals surface area contributed by atoms with Crippen LogP contribution in [0.2, 0.25) is 30.7 Å². The Labute approximate surface area is 118 Å². The van der Waals surface area contributed by atoms with Crippen LogP contribution < -0.4 is 4.74 Å². The Bertz CT molecular complexity index is 448. The van der Waals surface area contributed by atoms with E-state index >= 15 is 0 Å². The third-order valence-electron chi connectivity index (χ3n) is 2.42. The van der Waals surface area contributed by atoms with E-state index in [-0.39, 0.29) is 18.2 Å². The van der Waals surface area contributed by atoms with Crippen LogP contribution in [0.4, 0.5) is 5.69 Å². The molecule has 0 aromatic heterocycles. The number of halogens is 1. The average Bonchev–Trinajstić information content (AvgIpc) is 2.29. The maximum Gasteiger partial charge on any atom is 0.273 e. The average molecular weight is 304 g/mol. The summed E-state index contributed by atoms with van der Waals surface area (Å²) < 4.78 is 10.7. The molecule has 0 unspecified atom stereocenters. The Kier molecular flexibility index (Phi) is 5.77. The van der Waals surface area contributed by atoms with Crippen molar-refractivity contribution in [3.63, 3.8) is 0 Å². The second kappa shape index (κ2) is 6.88. The van der Waals surface area contributed by atoms with Crippen molar-refractivity contribution in [1.82, 2.24) is 0 Å². The molecule has 0 N–H and O–H groups in total. The Morgan fingerprint density at radius 3 is 2.63 bits per heavy atom. The number of benzene rings is 1. The molecule has 5 nitrogen and oxygen atoms in total. The summed E-state index contributed by atoms with van der Waals surface area (Å²) in [5.41, 5.74) is -0.0542. The molecule has 0 fully saturated rings. The number of nitro groups is 1. The summed E-state index contributed by atoms with van der Waals surface area (Å²) in [7, 11) is -1.12. The van der Waals surface area contributed by atoms with E-state index in [1.54, 1.807) is 0 Å². The van der Waals surface area contributed by atoms with Crippen LogP contribution in [0, 0.1) is 10.1 Å². The molecule has 0 aliphatic heterocycles. The SMILES string of the molecule is C[Si](C)(C)CCOCOc1cc([N+](=O)[O-])ccc1Cl. The lowest BCUT2D eigenvalue weighted by Gasteiger charge is -2.15. The van der Waals surface area contributed by atoms with Crippen molar-refractivity contribution >= 4 is 25.4 Å². The summed E-state index contributed by atoms with van der Waals surface area (Å²) in [5, 5.41) is 11.0. The zero-order valence-corrected chi connectivity index (χ0v) is 13.1. The van der Waals surface area contributed by atoms with Crippen LogP contribution in [0.3, 0.4) is 0 Å². The molecule has 0 heterocycles. The smallest absolute Gasteiger partial charge is 0.273 e. The monoisotopic (exact) mass is 303 g/mol. The zero-order chi connectivity index (χ0) is 14.5. The maximum absolute atomic E-state index is 10.6. The Morgan fingerprint density at radius 2 is 2.05 bits per heavy atom. The van der Waals surface area contributed by atoms with Gasteiger partial charge in [-0.15, -0.1) is 0 Å². The fourth-order valence-corrected chi connectivity index (χ4v) is 2.19. The number of ether oxygens (including phenoxy) is 2. The van der Waals surface area contributed by atoms with Crippen LogP contribution >= 0.6 is 11.6 Å². The first kappa shape index (κ1) is 15.9. The molecule has 0 radical (unpaired) electrons. The molecule has 106 valence electrons.